The van der Waals surface area contributed by atoms with Crippen molar-refractivity contribution >= 4 is 15.9 Å². The average Bonchev–Trinajstić information content (AvgIpc) is 2.45. The van der Waals surface area contributed by atoms with E-state index in [1.165, 1.54) is 0 Å². The van der Waals surface area contributed by atoms with Gasteiger partial charge < -0.3 is 14.2 Å². The molecule has 0 spiro atoms. The van der Waals surface area contributed by atoms with Crippen molar-refractivity contribution in [1.82, 2.24) is 0 Å². The van der Waals surface area contributed by atoms with E-state index < -0.39 is 33.4 Å². The number of benzene rings is 1. The van der Waals surface area contributed by atoms with Crippen LogP contribution in [0.25, 0.3) is 0 Å². The van der Waals surface area contributed by atoms with Crippen LogP contribution in [0.3, 0.4) is 0 Å². The lowest BCUT2D eigenvalue weighted by Crippen LogP contribution is -2.08. The van der Waals surface area contributed by atoms with Crippen molar-refractivity contribution in [2.24, 2.45) is 0 Å². The molecule has 2 rings (SSSR count). The molecule has 7 heteroatoms. The van der Waals surface area contributed by atoms with Gasteiger partial charge in [0.05, 0.1) is 17.7 Å². The van der Waals surface area contributed by atoms with E-state index in [0.29, 0.717) is 0 Å². The topological polar surface area (TPSA) is 27.7 Å². The van der Waals surface area contributed by atoms with Crippen molar-refractivity contribution in [3.8, 4) is 11.5 Å². The van der Waals surface area contributed by atoms with Crippen LogP contribution in [0.5, 0.6) is 11.5 Å². The van der Waals surface area contributed by atoms with Crippen LogP contribution in [0, 0.1) is 17.5 Å². The summed E-state index contributed by atoms with van der Waals surface area (Å²) in [5.41, 5.74) is 0. The Kier molecular flexibility index (Phi) is 3.78. The molecular weight excluding hydrogens is 305 g/mol. The van der Waals surface area contributed by atoms with Gasteiger partial charge in [-0.25, -0.2) is 8.78 Å². The molecule has 1 aliphatic rings. The molecule has 0 atom stereocenters. The van der Waals surface area contributed by atoms with E-state index in [1.807, 2.05) is 0 Å². The maximum absolute atomic E-state index is 13.7. The van der Waals surface area contributed by atoms with E-state index in [1.54, 1.807) is 0 Å². The van der Waals surface area contributed by atoms with Crippen LogP contribution >= 0.6 is 15.9 Å². The predicted octanol–water partition coefficient (Wildman–Crippen LogP) is 2.65. The molecule has 1 aliphatic heterocycles. The van der Waals surface area contributed by atoms with E-state index in [2.05, 4.69) is 15.9 Å². The Hall–Kier alpha value is -0.950. The lowest BCUT2D eigenvalue weighted by molar-refractivity contribution is 0.0868. The van der Waals surface area contributed by atoms with Crippen LogP contribution in [0.2, 0.25) is 0 Å². The first-order valence-electron chi connectivity index (χ1n) is 4.82. The van der Waals surface area contributed by atoms with Crippen LogP contribution in [0.4, 0.5) is 13.2 Å². The monoisotopic (exact) mass is 312 g/mol. The molecule has 0 bridgehead atoms. The van der Waals surface area contributed by atoms with Gasteiger partial charge >= 0.3 is 0 Å². The molecule has 0 amide bonds. The number of fused-ring (bicyclic) bond motifs is 1. The van der Waals surface area contributed by atoms with Crippen molar-refractivity contribution in [3.63, 3.8) is 0 Å². The zero-order valence-electron chi connectivity index (χ0n) is 8.57. The maximum Gasteiger partial charge on any atom is 0.205 e. The highest BCUT2D eigenvalue weighted by atomic mass is 79.9. The van der Waals surface area contributed by atoms with Gasteiger partial charge in [-0.3, -0.25) is 0 Å². The second kappa shape index (κ2) is 5.14. The van der Waals surface area contributed by atoms with E-state index in [-0.39, 0.29) is 26.4 Å². The molecule has 0 unspecified atom stereocenters. The van der Waals surface area contributed by atoms with Crippen molar-refractivity contribution in [2.45, 2.75) is 0 Å². The Morgan fingerprint density at radius 1 is 0.765 bits per heavy atom. The summed E-state index contributed by atoms with van der Waals surface area (Å²) in [6.07, 6.45) is 0. The summed E-state index contributed by atoms with van der Waals surface area (Å²) in [6, 6.07) is 0. The fourth-order valence-electron chi connectivity index (χ4n) is 1.36. The van der Waals surface area contributed by atoms with Gasteiger partial charge in [-0.1, -0.05) is 0 Å². The zero-order chi connectivity index (χ0) is 12.4. The third kappa shape index (κ3) is 2.35. The van der Waals surface area contributed by atoms with Gasteiger partial charge in [0.15, 0.2) is 11.6 Å². The first kappa shape index (κ1) is 12.5. The average molecular weight is 313 g/mol. The molecule has 1 heterocycles. The van der Waals surface area contributed by atoms with Crippen molar-refractivity contribution in [1.29, 1.82) is 0 Å². The minimum absolute atomic E-state index is 0.00616. The molecule has 0 radical (unpaired) electrons. The Bertz CT molecular complexity index is 401. The number of rotatable bonds is 0. The number of halogens is 4. The fourth-order valence-corrected chi connectivity index (χ4v) is 1.71. The lowest BCUT2D eigenvalue weighted by atomic mass is 10.2. The zero-order valence-corrected chi connectivity index (χ0v) is 10.2. The van der Waals surface area contributed by atoms with Crippen LogP contribution in [-0.2, 0) is 4.74 Å². The molecule has 17 heavy (non-hydrogen) atoms. The van der Waals surface area contributed by atoms with E-state index in [0.717, 1.165) is 0 Å². The summed E-state index contributed by atoms with van der Waals surface area (Å²) >= 11 is 2.62. The van der Waals surface area contributed by atoms with E-state index >= 15 is 0 Å². The Balaban J connectivity index is 2.52. The number of hydrogen-bond acceptors (Lipinski definition) is 3. The van der Waals surface area contributed by atoms with Gasteiger partial charge in [-0.2, -0.15) is 4.39 Å². The van der Waals surface area contributed by atoms with Crippen LogP contribution in [0.15, 0.2) is 4.47 Å². The molecule has 0 N–H and O–H groups in total. The van der Waals surface area contributed by atoms with E-state index in [9.17, 15) is 13.2 Å². The summed E-state index contributed by atoms with van der Waals surface area (Å²) in [6.45, 7) is 0.443. The molecule has 3 nitrogen and oxygen atoms in total. The standard InChI is InChI=1S/C10H8BrF3O3/c11-5-6(12)8(14)10-9(7(5)13)16-3-1-15-2-4-17-10/h1-4H2. The first-order chi connectivity index (χ1) is 8.13. The van der Waals surface area contributed by atoms with Gasteiger partial charge in [-0.05, 0) is 15.9 Å². The molecule has 0 aliphatic carbocycles. The highest BCUT2D eigenvalue weighted by Crippen LogP contribution is 2.40. The first-order valence-corrected chi connectivity index (χ1v) is 5.61. The van der Waals surface area contributed by atoms with Crippen molar-refractivity contribution in [3.05, 3.63) is 21.9 Å². The van der Waals surface area contributed by atoms with Gasteiger partial charge in [0.2, 0.25) is 17.3 Å². The Morgan fingerprint density at radius 3 is 1.88 bits per heavy atom. The largest absolute Gasteiger partial charge is 0.484 e. The highest BCUT2D eigenvalue weighted by Gasteiger charge is 2.26. The van der Waals surface area contributed by atoms with Gasteiger partial charge in [0.25, 0.3) is 0 Å². The second-order valence-corrected chi connectivity index (χ2v) is 4.02. The summed E-state index contributed by atoms with van der Waals surface area (Å²) < 4.78 is 54.8. The van der Waals surface area contributed by atoms with Crippen molar-refractivity contribution in [2.75, 3.05) is 26.4 Å². The molecule has 1 aromatic carbocycles. The van der Waals surface area contributed by atoms with Gasteiger partial charge in [-0.15, -0.1) is 0 Å². The SMILES string of the molecule is Fc1c(F)c2c(c(F)c1Br)OCCOCCO2. The fraction of sp³-hybridized carbons (Fsp3) is 0.400. The summed E-state index contributed by atoms with van der Waals surface area (Å²) in [4.78, 5) is 0. The molecule has 0 saturated heterocycles. The third-order valence-electron chi connectivity index (χ3n) is 2.13. The quantitative estimate of drug-likeness (QED) is 0.544. The maximum atomic E-state index is 13.7. The summed E-state index contributed by atoms with van der Waals surface area (Å²) in [7, 11) is 0. The number of ether oxygens (including phenoxy) is 3. The predicted molar refractivity (Wildman–Crippen MR) is 55.8 cm³/mol. The normalized spacial score (nSPS) is 16.0. The minimum atomic E-state index is -1.34. The highest BCUT2D eigenvalue weighted by molar-refractivity contribution is 9.10. The van der Waals surface area contributed by atoms with E-state index in [4.69, 9.17) is 14.2 Å². The lowest BCUT2D eigenvalue weighted by Gasteiger charge is -2.13. The van der Waals surface area contributed by atoms with Crippen LogP contribution in [0.1, 0.15) is 0 Å². The Labute approximate surface area is 104 Å². The smallest absolute Gasteiger partial charge is 0.205 e. The molecule has 94 valence electrons. The third-order valence-corrected chi connectivity index (χ3v) is 2.83. The van der Waals surface area contributed by atoms with Crippen LogP contribution < -0.4 is 9.47 Å². The van der Waals surface area contributed by atoms with Gasteiger partial charge in [0, 0.05) is 0 Å². The Morgan fingerprint density at radius 2 is 1.29 bits per heavy atom. The molecular formula is C10H8BrF3O3. The molecule has 1 aromatic rings. The number of hydrogen-bond donors (Lipinski definition) is 0. The molecule has 0 fully saturated rings. The van der Waals surface area contributed by atoms with Crippen molar-refractivity contribution < 1.29 is 27.4 Å². The van der Waals surface area contributed by atoms with Gasteiger partial charge in [0.1, 0.15) is 13.2 Å². The second-order valence-electron chi connectivity index (χ2n) is 3.22. The minimum Gasteiger partial charge on any atom is -0.484 e. The molecule has 0 saturated carbocycles. The molecule has 0 aromatic heterocycles. The summed E-state index contributed by atoms with van der Waals surface area (Å²) in [5.74, 6) is -4.66. The summed E-state index contributed by atoms with van der Waals surface area (Å²) in [5, 5.41) is 0. The van der Waals surface area contributed by atoms with Crippen LogP contribution in [-0.4, -0.2) is 26.4 Å².